The molecular formula is C16H22N2O4. The highest BCUT2D eigenvalue weighted by molar-refractivity contribution is 5.77. The molecule has 0 spiro atoms. The summed E-state index contributed by atoms with van der Waals surface area (Å²) in [5.41, 5.74) is 0.844. The molecule has 2 N–H and O–H groups in total. The quantitative estimate of drug-likeness (QED) is 0.770. The number of ether oxygens (including phenoxy) is 2. The third-order valence-corrected chi connectivity index (χ3v) is 3.23. The highest BCUT2D eigenvalue weighted by Gasteiger charge is 2.32. The van der Waals surface area contributed by atoms with E-state index in [1.807, 2.05) is 26.0 Å². The van der Waals surface area contributed by atoms with Crippen LogP contribution in [0, 0.1) is 0 Å². The number of fused-ring (bicyclic) bond motifs is 1. The van der Waals surface area contributed by atoms with Crippen LogP contribution < -0.4 is 20.1 Å². The average molecular weight is 306 g/mol. The Balaban J connectivity index is 1.82. The van der Waals surface area contributed by atoms with Gasteiger partial charge >= 0.3 is 0 Å². The highest BCUT2D eigenvalue weighted by Crippen LogP contribution is 2.41. The normalized spacial score (nSPS) is 14.7. The first kappa shape index (κ1) is 16.1. The van der Waals surface area contributed by atoms with Gasteiger partial charge in [0.1, 0.15) is 5.60 Å². The number of hydrogen-bond acceptors (Lipinski definition) is 4. The second-order valence-corrected chi connectivity index (χ2v) is 5.90. The van der Waals surface area contributed by atoms with E-state index in [-0.39, 0.29) is 24.0 Å². The van der Waals surface area contributed by atoms with Gasteiger partial charge in [-0.25, -0.2) is 0 Å². The van der Waals surface area contributed by atoms with Crippen LogP contribution in [0.25, 0.3) is 0 Å². The summed E-state index contributed by atoms with van der Waals surface area (Å²) < 4.78 is 11.4. The summed E-state index contributed by atoms with van der Waals surface area (Å²) in [6, 6.07) is 5.70. The van der Waals surface area contributed by atoms with Crippen molar-refractivity contribution < 1.29 is 19.1 Å². The van der Waals surface area contributed by atoms with Crippen molar-refractivity contribution in [2.75, 3.05) is 19.7 Å². The van der Waals surface area contributed by atoms with Crippen LogP contribution in [0.1, 0.15) is 26.3 Å². The maximum Gasteiger partial charge on any atom is 0.258 e. The van der Waals surface area contributed by atoms with Gasteiger partial charge in [0, 0.05) is 32.0 Å². The Hall–Kier alpha value is -2.24. The van der Waals surface area contributed by atoms with Gasteiger partial charge < -0.3 is 20.1 Å². The lowest BCUT2D eigenvalue weighted by Gasteiger charge is -2.18. The zero-order valence-electron chi connectivity index (χ0n) is 13.2. The average Bonchev–Trinajstić information content (AvgIpc) is 2.75. The first-order valence-corrected chi connectivity index (χ1v) is 7.32. The lowest BCUT2D eigenvalue weighted by Crippen LogP contribution is -2.36. The standard InChI is InChI=1S/C16H22N2O4/c1-11(19)17-7-8-18-14(20)10-21-13-6-4-5-12-9-16(2,3)22-15(12)13/h4-6H,7-10H2,1-3H3,(H,17,19)(H,18,20). The van der Waals surface area contributed by atoms with E-state index in [2.05, 4.69) is 10.6 Å². The molecule has 0 aliphatic carbocycles. The number of nitrogens with one attached hydrogen (secondary N) is 2. The van der Waals surface area contributed by atoms with Crippen LogP contribution in [0.2, 0.25) is 0 Å². The molecule has 2 rings (SSSR count). The molecule has 2 amide bonds. The van der Waals surface area contributed by atoms with Crippen molar-refractivity contribution in [1.82, 2.24) is 10.6 Å². The molecule has 0 saturated carbocycles. The van der Waals surface area contributed by atoms with Crippen LogP contribution in [0.4, 0.5) is 0 Å². The zero-order valence-corrected chi connectivity index (χ0v) is 13.2. The summed E-state index contributed by atoms with van der Waals surface area (Å²) in [6.07, 6.45) is 0.822. The maximum absolute atomic E-state index is 11.7. The number of rotatable bonds is 6. The predicted molar refractivity (Wildman–Crippen MR) is 82.0 cm³/mol. The Labute approximate surface area is 130 Å². The molecule has 0 fully saturated rings. The molecule has 1 aromatic carbocycles. The van der Waals surface area contributed by atoms with Crippen molar-refractivity contribution in [3.8, 4) is 11.5 Å². The molecule has 1 aliphatic heterocycles. The lowest BCUT2D eigenvalue weighted by molar-refractivity contribution is -0.123. The van der Waals surface area contributed by atoms with Crippen molar-refractivity contribution >= 4 is 11.8 Å². The Morgan fingerprint density at radius 1 is 1.27 bits per heavy atom. The summed E-state index contributed by atoms with van der Waals surface area (Å²) in [6.45, 7) is 6.16. The second-order valence-electron chi connectivity index (χ2n) is 5.90. The van der Waals surface area contributed by atoms with Crippen LogP contribution in [0.5, 0.6) is 11.5 Å². The molecule has 0 radical (unpaired) electrons. The number of benzene rings is 1. The van der Waals surface area contributed by atoms with E-state index in [1.54, 1.807) is 6.07 Å². The van der Waals surface area contributed by atoms with Crippen molar-refractivity contribution in [1.29, 1.82) is 0 Å². The number of carbonyl (C=O) groups excluding carboxylic acids is 2. The zero-order chi connectivity index (χ0) is 16.2. The molecule has 6 heteroatoms. The number of amides is 2. The van der Waals surface area contributed by atoms with E-state index in [0.29, 0.717) is 18.8 Å². The van der Waals surface area contributed by atoms with E-state index < -0.39 is 0 Å². The minimum Gasteiger partial charge on any atom is -0.483 e. The van der Waals surface area contributed by atoms with Gasteiger partial charge in [-0.1, -0.05) is 12.1 Å². The van der Waals surface area contributed by atoms with Gasteiger partial charge in [-0.3, -0.25) is 9.59 Å². The topological polar surface area (TPSA) is 76.7 Å². The van der Waals surface area contributed by atoms with Gasteiger partial charge in [0.15, 0.2) is 18.1 Å². The molecule has 22 heavy (non-hydrogen) atoms. The second kappa shape index (κ2) is 6.68. The molecule has 0 aromatic heterocycles. The summed E-state index contributed by atoms with van der Waals surface area (Å²) in [7, 11) is 0. The van der Waals surface area contributed by atoms with Gasteiger partial charge in [-0.15, -0.1) is 0 Å². The van der Waals surface area contributed by atoms with E-state index >= 15 is 0 Å². The summed E-state index contributed by atoms with van der Waals surface area (Å²) >= 11 is 0. The minimum atomic E-state index is -0.248. The Morgan fingerprint density at radius 2 is 2.00 bits per heavy atom. The van der Waals surface area contributed by atoms with Gasteiger partial charge in [0.2, 0.25) is 5.91 Å². The fourth-order valence-electron chi connectivity index (χ4n) is 2.34. The van der Waals surface area contributed by atoms with Gasteiger partial charge in [0.25, 0.3) is 5.91 Å². The highest BCUT2D eigenvalue weighted by atomic mass is 16.5. The van der Waals surface area contributed by atoms with E-state index in [4.69, 9.17) is 9.47 Å². The molecule has 0 saturated heterocycles. The van der Waals surface area contributed by atoms with E-state index in [1.165, 1.54) is 6.92 Å². The fraction of sp³-hybridized carbons (Fsp3) is 0.500. The monoisotopic (exact) mass is 306 g/mol. The molecule has 1 heterocycles. The van der Waals surface area contributed by atoms with Gasteiger partial charge in [-0.05, 0) is 19.9 Å². The molecule has 120 valence electrons. The predicted octanol–water partition coefficient (Wildman–Crippen LogP) is 1.03. The lowest BCUT2D eigenvalue weighted by atomic mass is 10.0. The van der Waals surface area contributed by atoms with Crippen molar-refractivity contribution in [3.63, 3.8) is 0 Å². The fourth-order valence-corrected chi connectivity index (χ4v) is 2.34. The Morgan fingerprint density at radius 3 is 2.73 bits per heavy atom. The molecule has 6 nitrogen and oxygen atoms in total. The molecule has 0 unspecified atom stereocenters. The Bertz CT molecular complexity index is 569. The maximum atomic E-state index is 11.7. The van der Waals surface area contributed by atoms with Crippen molar-refractivity contribution in [2.45, 2.75) is 32.8 Å². The molecule has 0 bridgehead atoms. The third-order valence-electron chi connectivity index (χ3n) is 3.23. The van der Waals surface area contributed by atoms with Gasteiger partial charge in [0.05, 0.1) is 0 Å². The van der Waals surface area contributed by atoms with Crippen LogP contribution in [-0.2, 0) is 16.0 Å². The smallest absolute Gasteiger partial charge is 0.258 e. The van der Waals surface area contributed by atoms with E-state index in [9.17, 15) is 9.59 Å². The molecule has 1 aromatic rings. The number of hydrogen-bond donors (Lipinski definition) is 2. The largest absolute Gasteiger partial charge is 0.483 e. The molecule has 0 atom stereocenters. The minimum absolute atomic E-state index is 0.0830. The van der Waals surface area contributed by atoms with Crippen LogP contribution in [0.3, 0.4) is 0 Å². The summed E-state index contributed by atoms with van der Waals surface area (Å²) in [4.78, 5) is 22.4. The number of carbonyl (C=O) groups is 2. The summed E-state index contributed by atoms with van der Waals surface area (Å²) in [5, 5.41) is 5.28. The first-order chi connectivity index (χ1) is 10.4. The molecule has 1 aliphatic rings. The van der Waals surface area contributed by atoms with Crippen molar-refractivity contribution in [2.24, 2.45) is 0 Å². The van der Waals surface area contributed by atoms with Gasteiger partial charge in [-0.2, -0.15) is 0 Å². The molecular weight excluding hydrogens is 284 g/mol. The summed E-state index contributed by atoms with van der Waals surface area (Å²) in [5.74, 6) is 0.948. The van der Waals surface area contributed by atoms with E-state index in [0.717, 1.165) is 17.7 Å². The van der Waals surface area contributed by atoms with Crippen LogP contribution >= 0.6 is 0 Å². The van der Waals surface area contributed by atoms with Crippen LogP contribution in [0.15, 0.2) is 18.2 Å². The van der Waals surface area contributed by atoms with Crippen molar-refractivity contribution in [3.05, 3.63) is 23.8 Å². The van der Waals surface area contributed by atoms with Crippen LogP contribution in [-0.4, -0.2) is 37.1 Å². The Kier molecular flexibility index (Phi) is 4.90. The first-order valence-electron chi connectivity index (χ1n) is 7.32. The number of para-hydroxylation sites is 1. The SMILES string of the molecule is CC(=O)NCCNC(=O)COc1cccc2c1OC(C)(C)C2. The third kappa shape index (κ3) is 4.38.